The van der Waals surface area contributed by atoms with E-state index in [1.807, 2.05) is 13.0 Å². The molecule has 1 rings (SSSR count). The molecule has 0 aromatic heterocycles. The molecule has 0 saturated carbocycles. The van der Waals surface area contributed by atoms with E-state index in [1.54, 1.807) is 0 Å². The number of hydrogen-bond donors (Lipinski definition) is 2. The van der Waals surface area contributed by atoms with Crippen LogP contribution in [0.25, 0.3) is 0 Å². The second-order valence-electron chi connectivity index (χ2n) is 7.02. The lowest BCUT2D eigenvalue weighted by molar-refractivity contribution is -0.140. The number of benzene rings is 1. The lowest BCUT2D eigenvalue weighted by Crippen LogP contribution is -2.37. The van der Waals surface area contributed by atoms with Crippen molar-refractivity contribution in [2.45, 2.75) is 59.4 Å². The quantitative estimate of drug-likeness (QED) is 0.195. The van der Waals surface area contributed by atoms with E-state index in [1.165, 1.54) is 7.11 Å². The number of ether oxygens (including phenoxy) is 3. The van der Waals surface area contributed by atoms with Crippen molar-refractivity contribution in [3.05, 3.63) is 29.3 Å². The topological polar surface area (TPSA) is 81.2 Å². The van der Waals surface area contributed by atoms with Gasteiger partial charge in [-0.05, 0) is 45.2 Å². The van der Waals surface area contributed by atoms with E-state index < -0.39 is 0 Å². The summed E-state index contributed by atoms with van der Waals surface area (Å²) in [6.45, 7) is 10.1. The number of nitrogens with one attached hydrogen (secondary N) is 2. The summed E-state index contributed by atoms with van der Waals surface area (Å²) < 4.78 is 15.9. The fourth-order valence-electron chi connectivity index (χ4n) is 2.84. The lowest BCUT2D eigenvalue weighted by Gasteiger charge is -2.14. The Morgan fingerprint density at radius 2 is 1.87 bits per heavy atom. The maximum atomic E-state index is 11.1. The van der Waals surface area contributed by atoms with Crippen LogP contribution < -0.4 is 15.4 Å². The fraction of sp³-hybridized carbons (Fsp3) is 0.652. The first-order valence-electron chi connectivity index (χ1n) is 11.0. The van der Waals surface area contributed by atoms with Gasteiger partial charge < -0.3 is 24.8 Å². The monoisotopic (exact) mass is 421 g/mol. The minimum Gasteiger partial charge on any atom is -0.491 e. The molecule has 2 N–H and O–H groups in total. The number of aliphatic imine (C=N–C) groups is 1. The number of nitrogens with zero attached hydrogens (tertiary/aromatic N) is 1. The van der Waals surface area contributed by atoms with Crippen molar-refractivity contribution in [3.8, 4) is 5.75 Å². The minimum absolute atomic E-state index is 0.132. The molecule has 0 heterocycles. The van der Waals surface area contributed by atoms with Gasteiger partial charge in [0.1, 0.15) is 12.4 Å². The molecule has 0 bridgehead atoms. The summed E-state index contributed by atoms with van der Waals surface area (Å²) >= 11 is 0. The third-order valence-corrected chi connectivity index (χ3v) is 4.49. The first-order chi connectivity index (χ1) is 14.6. The molecule has 0 unspecified atom stereocenters. The first-order valence-corrected chi connectivity index (χ1v) is 11.0. The highest BCUT2D eigenvalue weighted by Crippen LogP contribution is 2.21. The smallest absolute Gasteiger partial charge is 0.305 e. The average Bonchev–Trinajstić information content (AvgIpc) is 2.74. The summed E-state index contributed by atoms with van der Waals surface area (Å²) in [7, 11) is 1.43. The Hall–Kier alpha value is -2.28. The van der Waals surface area contributed by atoms with Gasteiger partial charge in [0.15, 0.2) is 5.96 Å². The molecule has 0 fully saturated rings. The third-order valence-electron chi connectivity index (χ3n) is 4.49. The highest BCUT2D eigenvalue weighted by molar-refractivity contribution is 5.79. The average molecular weight is 422 g/mol. The molecule has 7 heteroatoms. The number of esters is 1. The Morgan fingerprint density at radius 1 is 1.07 bits per heavy atom. The van der Waals surface area contributed by atoms with Crippen molar-refractivity contribution >= 4 is 11.9 Å². The Bertz CT molecular complexity index is 635. The van der Waals surface area contributed by atoms with Crippen LogP contribution in [0.3, 0.4) is 0 Å². The van der Waals surface area contributed by atoms with Gasteiger partial charge in [-0.2, -0.15) is 0 Å². The van der Waals surface area contributed by atoms with E-state index >= 15 is 0 Å². The zero-order valence-electron chi connectivity index (χ0n) is 19.1. The van der Waals surface area contributed by atoms with E-state index in [0.717, 1.165) is 61.6 Å². The van der Waals surface area contributed by atoms with Crippen LogP contribution in [0, 0.1) is 6.92 Å². The number of guanidine groups is 1. The normalized spacial score (nSPS) is 11.3. The number of methoxy groups -OCH3 is 1. The Labute approximate surface area is 181 Å². The maximum absolute atomic E-state index is 11.1. The highest BCUT2D eigenvalue weighted by Gasteiger charge is 2.06. The Kier molecular flexibility index (Phi) is 14.2. The van der Waals surface area contributed by atoms with Crippen LogP contribution in [0.15, 0.2) is 23.2 Å². The molecule has 0 aliphatic carbocycles. The van der Waals surface area contributed by atoms with Crippen LogP contribution in [0.4, 0.5) is 0 Å². The number of unbranched alkanes of at least 4 members (excludes halogenated alkanes) is 3. The molecule has 0 radical (unpaired) electrons. The standard InChI is InChI=1S/C23H39N3O4/c1-5-24-23(25-14-10-8-7-9-11-22(27)28-4)26-18-20-13-12-19(3)17-21(20)30-16-15-29-6-2/h12-13,17H,5-11,14-16,18H2,1-4H3,(H2,24,25,26). The summed E-state index contributed by atoms with van der Waals surface area (Å²) in [5, 5.41) is 6.66. The third kappa shape index (κ3) is 11.7. The maximum Gasteiger partial charge on any atom is 0.305 e. The zero-order valence-corrected chi connectivity index (χ0v) is 19.1. The van der Waals surface area contributed by atoms with Gasteiger partial charge in [0.25, 0.3) is 0 Å². The largest absolute Gasteiger partial charge is 0.491 e. The van der Waals surface area contributed by atoms with Gasteiger partial charge in [0.2, 0.25) is 0 Å². The van der Waals surface area contributed by atoms with Crippen LogP contribution in [0.1, 0.15) is 57.1 Å². The molecule has 1 aromatic carbocycles. The van der Waals surface area contributed by atoms with Crippen LogP contribution in [0.2, 0.25) is 0 Å². The summed E-state index contributed by atoms with van der Waals surface area (Å²) in [5.74, 6) is 1.53. The molecule has 0 amide bonds. The van der Waals surface area contributed by atoms with Gasteiger partial charge in [-0.3, -0.25) is 4.79 Å². The summed E-state index contributed by atoms with van der Waals surface area (Å²) in [4.78, 5) is 15.8. The zero-order chi connectivity index (χ0) is 22.0. The van der Waals surface area contributed by atoms with Gasteiger partial charge >= 0.3 is 5.97 Å². The van der Waals surface area contributed by atoms with Crippen molar-refractivity contribution in [2.75, 3.05) is 40.0 Å². The predicted molar refractivity (Wildman–Crippen MR) is 121 cm³/mol. The van der Waals surface area contributed by atoms with Crippen LogP contribution in [-0.2, 0) is 20.8 Å². The van der Waals surface area contributed by atoms with Gasteiger partial charge in [-0.1, -0.05) is 25.0 Å². The van der Waals surface area contributed by atoms with Gasteiger partial charge in [-0.25, -0.2) is 4.99 Å². The summed E-state index contributed by atoms with van der Waals surface area (Å²) in [6, 6.07) is 6.19. The fourth-order valence-corrected chi connectivity index (χ4v) is 2.84. The Morgan fingerprint density at radius 3 is 2.60 bits per heavy atom. The van der Waals surface area contributed by atoms with E-state index in [2.05, 4.69) is 41.4 Å². The number of hydrogen-bond acceptors (Lipinski definition) is 5. The van der Waals surface area contributed by atoms with Crippen LogP contribution in [0.5, 0.6) is 5.75 Å². The summed E-state index contributed by atoms with van der Waals surface area (Å²) in [6.07, 6.45) is 4.50. The minimum atomic E-state index is -0.132. The SMILES string of the molecule is CCNC(=NCc1ccc(C)cc1OCCOCC)NCCCCCCC(=O)OC. The number of carbonyl (C=O) groups excluding carboxylic acids is 1. The van der Waals surface area contributed by atoms with E-state index in [9.17, 15) is 4.79 Å². The first kappa shape index (κ1) is 25.8. The Balaban J connectivity index is 2.48. The number of aryl methyl sites for hydroxylation is 1. The van der Waals surface area contributed by atoms with Crippen molar-refractivity contribution in [1.29, 1.82) is 0 Å². The van der Waals surface area contributed by atoms with Crippen molar-refractivity contribution in [3.63, 3.8) is 0 Å². The second kappa shape index (κ2) is 16.5. The van der Waals surface area contributed by atoms with Crippen molar-refractivity contribution < 1.29 is 19.0 Å². The second-order valence-corrected chi connectivity index (χ2v) is 7.02. The predicted octanol–water partition coefficient (Wildman–Crippen LogP) is 3.59. The van der Waals surface area contributed by atoms with E-state index in [-0.39, 0.29) is 5.97 Å². The molecule has 0 aliphatic rings. The molecular formula is C23H39N3O4. The molecule has 0 aliphatic heterocycles. The van der Waals surface area contributed by atoms with Gasteiger partial charge in [-0.15, -0.1) is 0 Å². The molecule has 0 spiro atoms. The van der Waals surface area contributed by atoms with Crippen molar-refractivity contribution in [1.82, 2.24) is 10.6 Å². The molecule has 1 aromatic rings. The molecular weight excluding hydrogens is 382 g/mol. The lowest BCUT2D eigenvalue weighted by atomic mass is 10.1. The van der Waals surface area contributed by atoms with Gasteiger partial charge in [0.05, 0.1) is 20.3 Å². The summed E-state index contributed by atoms with van der Waals surface area (Å²) in [5.41, 5.74) is 2.21. The molecule has 170 valence electrons. The number of rotatable bonds is 15. The molecule has 0 saturated heterocycles. The molecule has 30 heavy (non-hydrogen) atoms. The van der Waals surface area contributed by atoms with Crippen LogP contribution in [-0.4, -0.2) is 51.9 Å². The molecule has 7 nitrogen and oxygen atoms in total. The van der Waals surface area contributed by atoms with Crippen LogP contribution >= 0.6 is 0 Å². The van der Waals surface area contributed by atoms with E-state index in [0.29, 0.717) is 32.8 Å². The highest BCUT2D eigenvalue weighted by atomic mass is 16.5. The van der Waals surface area contributed by atoms with Gasteiger partial charge in [0, 0.05) is 31.7 Å². The van der Waals surface area contributed by atoms with Crippen molar-refractivity contribution in [2.24, 2.45) is 4.99 Å². The molecule has 0 atom stereocenters. The number of carbonyl (C=O) groups is 1. The van der Waals surface area contributed by atoms with E-state index in [4.69, 9.17) is 14.5 Å².